The van der Waals surface area contributed by atoms with Gasteiger partial charge in [-0.2, -0.15) is 0 Å². The van der Waals surface area contributed by atoms with Gasteiger partial charge in [-0.15, -0.1) is 6.58 Å². The molecule has 1 aliphatic rings. The molecule has 11 heavy (non-hydrogen) atoms. The van der Waals surface area contributed by atoms with Crippen LogP contribution in [0.4, 0.5) is 0 Å². The first kappa shape index (κ1) is 8.79. The highest BCUT2D eigenvalue weighted by atomic mass is 14.9. The van der Waals surface area contributed by atoms with E-state index in [-0.39, 0.29) is 0 Å². The fourth-order valence-electron chi connectivity index (χ4n) is 1.60. The largest absolute Gasteiger partial charge is 0.317 e. The number of hydrogen-bond acceptors (Lipinski definition) is 1. The summed E-state index contributed by atoms with van der Waals surface area (Å²) in [4.78, 5) is 0. The lowest BCUT2D eigenvalue weighted by Gasteiger charge is -2.13. The van der Waals surface area contributed by atoms with Gasteiger partial charge in [0.05, 0.1) is 0 Å². The van der Waals surface area contributed by atoms with Gasteiger partial charge in [-0.3, -0.25) is 0 Å². The minimum Gasteiger partial charge on any atom is -0.317 e. The zero-order valence-corrected chi connectivity index (χ0v) is 7.47. The molecule has 0 amide bonds. The van der Waals surface area contributed by atoms with Crippen molar-refractivity contribution in [1.82, 2.24) is 5.32 Å². The predicted octanol–water partition coefficient (Wildman–Crippen LogP) is 2.34. The van der Waals surface area contributed by atoms with E-state index in [0.717, 1.165) is 12.0 Å². The molecule has 1 atom stereocenters. The molecule has 0 aromatic carbocycles. The molecule has 1 rings (SSSR count). The van der Waals surface area contributed by atoms with Crippen LogP contribution < -0.4 is 5.32 Å². The Labute approximate surface area is 69.9 Å². The molecule has 0 bridgehead atoms. The molecule has 1 aliphatic carbocycles. The number of unbranched alkanes of at least 4 members (excludes halogenated alkanes) is 1. The minimum atomic E-state index is 0.787. The van der Waals surface area contributed by atoms with E-state index in [2.05, 4.69) is 18.9 Å². The predicted molar refractivity (Wildman–Crippen MR) is 49.6 cm³/mol. The van der Waals surface area contributed by atoms with Crippen LogP contribution in [0.1, 0.15) is 32.1 Å². The van der Waals surface area contributed by atoms with Gasteiger partial charge in [0.2, 0.25) is 0 Å². The zero-order valence-electron chi connectivity index (χ0n) is 7.47. The standard InChI is InChI=1S/C10H19N/c1-3-4-5-6-10(11-2)9-7-8-9/h3,9-11H,1,4-8H2,2H3. The molecule has 64 valence electrons. The SMILES string of the molecule is C=CCCCC(NC)C1CC1. The lowest BCUT2D eigenvalue weighted by Crippen LogP contribution is -2.26. The van der Waals surface area contributed by atoms with Gasteiger partial charge >= 0.3 is 0 Å². The van der Waals surface area contributed by atoms with Gasteiger partial charge in [-0.1, -0.05) is 6.08 Å². The van der Waals surface area contributed by atoms with Crippen LogP contribution in [0, 0.1) is 5.92 Å². The van der Waals surface area contributed by atoms with Crippen LogP contribution >= 0.6 is 0 Å². The van der Waals surface area contributed by atoms with E-state index in [0.29, 0.717) is 0 Å². The molecule has 1 saturated carbocycles. The molecule has 0 spiro atoms. The number of rotatable bonds is 6. The molecular formula is C10H19N. The van der Waals surface area contributed by atoms with Gasteiger partial charge < -0.3 is 5.32 Å². The van der Waals surface area contributed by atoms with E-state index in [9.17, 15) is 0 Å². The van der Waals surface area contributed by atoms with E-state index in [4.69, 9.17) is 0 Å². The van der Waals surface area contributed by atoms with Crippen molar-refractivity contribution in [2.45, 2.75) is 38.1 Å². The molecule has 1 nitrogen and oxygen atoms in total. The van der Waals surface area contributed by atoms with Crippen molar-refractivity contribution in [1.29, 1.82) is 0 Å². The first-order chi connectivity index (χ1) is 5.38. The van der Waals surface area contributed by atoms with Crippen molar-refractivity contribution < 1.29 is 0 Å². The first-order valence-electron chi connectivity index (χ1n) is 4.66. The summed E-state index contributed by atoms with van der Waals surface area (Å²) in [5, 5.41) is 3.39. The number of allylic oxidation sites excluding steroid dienone is 1. The summed E-state index contributed by atoms with van der Waals surface area (Å²) in [5.74, 6) is 0.991. The third kappa shape index (κ3) is 3.06. The summed E-state index contributed by atoms with van der Waals surface area (Å²) in [6.07, 6.45) is 8.70. The number of nitrogens with one attached hydrogen (secondary N) is 1. The van der Waals surface area contributed by atoms with Crippen molar-refractivity contribution in [3.05, 3.63) is 12.7 Å². The summed E-state index contributed by atoms with van der Waals surface area (Å²) >= 11 is 0. The normalized spacial score (nSPS) is 19.7. The van der Waals surface area contributed by atoms with Gasteiger partial charge in [0.15, 0.2) is 0 Å². The van der Waals surface area contributed by atoms with E-state index < -0.39 is 0 Å². The Morgan fingerprint density at radius 1 is 1.64 bits per heavy atom. The summed E-state index contributed by atoms with van der Waals surface area (Å²) in [7, 11) is 2.08. The van der Waals surface area contributed by atoms with Gasteiger partial charge in [0.1, 0.15) is 0 Å². The van der Waals surface area contributed by atoms with Crippen LogP contribution in [0.15, 0.2) is 12.7 Å². The van der Waals surface area contributed by atoms with Gasteiger partial charge in [0.25, 0.3) is 0 Å². The van der Waals surface area contributed by atoms with Crippen LogP contribution in [0.2, 0.25) is 0 Å². The lowest BCUT2D eigenvalue weighted by molar-refractivity contribution is 0.458. The molecular weight excluding hydrogens is 134 g/mol. The second-order valence-electron chi connectivity index (χ2n) is 3.45. The van der Waals surface area contributed by atoms with Crippen LogP contribution in [-0.4, -0.2) is 13.1 Å². The number of hydrogen-bond donors (Lipinski definition) is 1. The fraction of sp³-hybridized carbons (Fsp3) is 0.800. The second kappa shape index (κ2) is 4.55. The van der Waals surface area contributed by atoms with Gasteiger partial charge in [-0.05, 0) is 45.1 Å². The second-order valence-corrected chi connectivity index (χ2v) is 3.45. The van der Waals surface area contributed by atoms with Crippen molar-refractivity contribution in [3.8, 4) is 0 Å². The van der Waals surface area contributed by atoms with E-state index >= 15 is 0 Å². The van der Waals surface area contributed by atoms with Crippen molar-refractivity contribution in [2.24, 2.45) is 5.92 Å². The molecule has 0 saturated heterocycles. The van der Waals surface area contributed by atoms with Crippen LogP contribution in [-0.2, 0) is 0 Å². The topological polar surface area (TPSA) is 12.0 Å². The molecule has 1 N–H and O–H groups in total. The maximum atomic E-state index is 3.72. The Morgan fingerprint density at radius 3 is 2.82 bits per heavy atom. The van der Waals surface area contributed by atoms with Crippen LogP contribution in [0.25, 0.3) is 0 Å². The third-order valence-electron chi connectivity index (χ3n) is 2.49. The average Bonchev–Trinajstić information content (AvgIpc) is 2.81. The highest BCUT2D eigenvalue weighted by molar-refractivity contribution is 4.85. The van der Waals surface area contributed by atoms with E-state index in [1.807, 2.05) is 6.08 Å². The summed E-state index contributed by atoms with van der Waals surface area (Å²) in [6.45, 7) is 3.72. The van der Waals surface area contributed by atoms with Crippen molar-refractivity contribution >= 4 is 0 Å². The summed E-state index contributed by atoms with van der Waals surface area (Å²) < 4.78 is 0. The Bertz CT molecular complexity index is 116. The molecule has 0 aliphatic heterocycles. The zero-order chi connectivity index (χ0) is 8.10. The highest BCUT2D eigenvalue weighted by Gasteiger charge is 2.29. The Hall–Kier alpha value is -0.300. The lowest BCUT2D eigenvalue weighted by atomic mass is 10.1. The monoisotopic (exact) mass is 153 g/mol. The van der Waals surface area contributed by atoms with Crippen molar-refractivity contribution in [2.75, 3.05) is 7.05 Å². The molecule has 0 radical (unpaired) electrons. The molecule has 1 fully saturated rings. The molecule has 1 unspecified atom stereocenters. The smallest absolute Gasteiger partial charge is 0.00924 e. The van der Waals surface area contributed by atoms with Crippen LogP contribution in [0.5, 0.6) is 0 Å². The minimum absolute atomic E-state index is 0.787. The average molecular weight is 153 g/mol. The van der Waals surface area contributed by atoms with Gasteiger partial charge in [-0.25, -0.2) is 0 Å². The Morgan fingerprint density at radius 2 is 2.36 bits per heavy atom. The van der Waals surface area contributed by atoms with Crippen molar-refractivity contribution in [3.63, 3.8) is 0 Å². The Kier molecular flexibility index (Phi) is 3.64. The highest BCUT2D eigenvalue weighted by Crippen LogP contribution is 2.34. The fourth-order valence-corrected chi connectivity index (χ4v) is 1.60. The van der Waals surface area contributed by atoms with E-state index in [1.165, 1.54) is 32.1 Å². The maximum absolute atomic E-state index is 3.72. The van der Waals surface area contributed by atoms with E-state index in [1.54, 1.807) is 0 Å². The van der Waals surface area contributed by atoms with Gasteiger partial charge in [0, 0.05) is 6.04 Å². The summed E-state index contributed by atoms with van der Waals surface area (Å²) in [6, 6.07) is 0.787. The Balaban J connectivity index is 2.05. The maximum Gasteiger partial charge on any atom is 0.00924 e. The van der Waals surface area contributed by atoms with Crippen LogP contribution in [0.3, 0.4) is 0 Å². The third-order valence-corrected chi connectivity index (χ3v) is 2.49. The molecule has 1 heteroatoms. The quantitative estimate of drug-likeness (QED) is 0.456. The first-order valence-corrected chi connectivity index (χ1v) is 4.66. The molecule has 0 aromatic heterocycles. The molecule has 0 heterocycles. The summed E-state index contributed by atoms with van der Waals surface area (Å²) in [5.41, 5.74) is 0. The molecule has 0 aromatic rings.